The number of hydrogen-bond acceptors (Lipinski definition) is 4. The van der Waals surface area contributed by atoms with Crippen molar-refractivity contribution < 1.29 is 14.0 Å². The molecular weight excluding hydrogens is 277 g/mol. The Labute approximate surface area is 134 Å². The maximum atomic E-state index is 6.08. The van der Waals surface area contributed by atoms with Crippen molar-refractivity contribution in [2.75, 3.05) is 6.61 Å². The lowest BCUT2D eigenvalue weighted by Gasteiger charge is -2.32. The van der Waals surface area contributed by atoms with Gasteiger partial charge >= 0.3 is 7.12 Å². The van der Waals surface area contributed by atoms with E-state index in [0.29, 0.717) is 12.5 Å². The molecule has 0 N–H and O–H groups in total. The van der Waals surface area contributed by atoms with Crippen molar-refractivity contribution in [3.8, 4) is 5.88 Å². The third-order valence-electron chi connectivity index (χ3n) is 4.29. The van der Waals surface area contributed by atoms with Crippen LogP contribution in [0.25, 0.3) is 0 Å². The highest BCUT2D eigenvalue weighted by Gasteiger charge is 2.52. The lowest BCUT2D eigenvalue weighted by Crippen LogP contribution is -2.41. The predicted octanol–water partition coefficient (Wildman–Crippen LogP) is 3.11. The molecule has 122 valence electrons. The summed E-state index contributed by atoms with van der Waals surface area (Å²) in [7, 11) is -0.380. The average Bonchev–Trinajstić information content (AvgIpc) is 2.55. The molecule has 2 rings (SSSR count). The molecule has 0 spiro atoms. The van der Waals surface area contributed by atoms with Gasteiger partial charge in [0.2, 0.25) is 5.88 Å². The maximum absolute atomic E-state index is 6.08. The third-order valence-corrected chi connectivity index (χ3v) is 4.29. The maximum Gasteiger partial charge on any atom is 0.496 e. The summed E-state index contributed by atoms with van der Waals surface area (Å²) >= 11 is 0. The molecule has 1 saturated heterocycles. The van der Waals surface area contributed by atoms with Gasteiger partial charge in [-0.3, -0.25) is 0 Å². The van der Waals surface area contributed by atoms with Crippen LogP contribution in [0, 0.1) is 12.3 Å². The molecule has 0 saturated carbocycles. The van der Waals surface area contributed by atoms with E-state index >= 15 is 0 Å². The first kappa shape index (κ1) is 17.3. The summed E-state index contributed by atoms with van der Waals surface area (Å²) in [5.74, 6) is 0.646. The molecule has 0 unspecified atom stereocenters. The van der Waals surface area contributed by atoms with Crippen LogP contribution < -0.4 is 10.2 Å². The predicted molar refractivity (Wildman–Crippen MR) is 89.6 cm³/mol. The summed E-state index contributed by atoms with van der Waals surface area (Å²) in [4.78, 5) is 4.40. The number of hydrogen-bond donors (Lipinski definition) is 0. The lowest BCUT2D eigenvalue weighted by molar-refractivity contribution is 0.00578. The third kappa shape index (κ3) is 3.63. The quantitative estimate of drug-likeness (QED) is 0.805. The zero-order chi connectivity index (χ0) is 16.8. The number of pyridine rings is 1. The Bertz CT molecular complexity index is 533. The molecule has 5 heteroatoms. The fourth-order valence-electron chi connectivity index (χ4n) is 2.13. The Hall–Kier alpha value is -1.07. The summed E-state index contributed by atoms with van der Waals surface area (Å²) in [6.07, 6.45) is 1.80. The van der Waals surface area contributed by atoms with E-state index in [4.69, 9.17) is 14.0 Å². The van der Waals surface area contributed by atoms with E-state index in [0.717, 1.165) is 11.0 Å². The van der Waals surface area contributed by atoms with Gasteiger partial charge in [-0.25, -0.2) is 4.98 Å². The fraction of sp³-hybridized carbons (Fsp3) is 0.706. The molecular formula is C17H28BNO3. The second-order valence-electron chi connectivity index (χ2n) is 8.32. The highest BCUT2D eigenvalue weighted by molar-refractivity contribution is 6.62. The van der Waals surface area contributed by atoms with Crippen LogP contribution in [0.4, 0.5) is 0 Å². The Morgan fingerprint density at radius 2 is 1.68 bits per heavy atom. The summed E-state index contributed by atoms with van der Waals surface area (Å²) in [6.45, 7) is 17.3. The van der Waals surface area contributed by atoms with Crippen molar-refractivity contribution >= 4 is 12.6 Å². The number of aromatic nitrogens is 1. The summed E-state index contributed by atoms with van der Waals surface area (Å²) in [6, 6.07) is 1.95. The monoisotopic (exact) mass is 305 g/mol. The topological polar surface area (TPSA) is 40.6 Å². The first-order valence-electron chi connectivity index (χ1n) is 7.86. The molecule has 4 nitrogen and oxygen atoms in total. The average molecular weight is 305 g/mol. The smallest absolute Gasteiger partial charge is 0.477 e. The zero-order valence-corrected chi connectivity index (χ0v) is 15.1. The van der Waals surface area contributed by atoms with E-state index in [1.807, 2.05) is 13.0 Å². The van der Waals surface area contributed by atoms with E-state index in [-0.39, 0.29) is 23.7 Å². The Kier molecular flexibility index (Phi) is 4.35. The van der Waals surface area contributed by atoms with Crippen molar-refractivity contribution in [3.63, 3.8) is 0 Å². The summed E-state index contributed by atoms with van der Waals surface area (Å²) < 4.78 is 17.9. The SMILES string of the molecule is Cc1cc(OCC(C)(C)C)ncc1B1OC(C)(C)C(C)(C)O1. The van der Waals surface area contributed by atoms with Crippen LogP contribution in [0.1, 0.15) is 54.0 Å². The van der Waals surface area contributed by atoms with Crippen LogP contribution >= 0.6 is 0 Å². The normalized spacial score (nSPS) is 20.3. The van der Waals surface area contributed by atoms with Crippen LogP contribution in [0.15, 0.2) is 12.3 Å². The minimum atomic E-state index is -0.380. The molecule has 1 aromatic rings. The van der Waals surface area contributed by atoms with Crippen molar-refractivity contribution in [2.24, 2.45) is 5.41 Å². The van der Waals surface area contributed by atoms with Gasteiger partial charge in [0, 0.05) is 17.7 Å². The molecule has 22 heavy (non-hydrogen) atoms. The first-order chi connectivity index (χ1) is 9.91. The van der Waals surface area contributed by atoms with E-state index in [2.05, 4.69) is 53.5 Å². The summed E-state index contributed by atoms with van der Waals surface area (Å²) in [5.41, 5.74) is 1.45. The highest BCUT2D eigenvalue weighted by Crippen LogP contribution is 2.36. The van der Waals surface area contributed by atoms with Gasteiger partial charge in [0.1, 0.15) is 0 Å². The molecule has 0 amide bonds. The molecule has 2 heterocycles. The second-order valence-corrected chi connectivity index (χ2v) is 8.32. The van der Waals surface area contributed by atoms with Crippen molar-refractivity contribution in [1.29, 1.82) is 0 Å². The Balaban J connectivity index is 2.14. The summed E-state index contributed by atoms with van der Waals surface area (Å²) in [5, 5.41) is 0. The van der Waals surface area contributed by atoms with E-state index < -0.39 is 0 Å². The fourth-order valence-corrected chi connectivity index (χ4v) is 2.13. The van der Waals surface area contributed by atoms with Gasteiger partial charge < -0.3 is 14.0 Å². The molecule has 1 fully saturated rings. The Morgan fingerprint density at radius 3 is 2.14 bits per heavy atom. The van der Waals surface area contributed by atoms with E-state index in [9.17, 15) is 0 Å². The van der Waals surface area contributed by atoms with Gasteiger partial charge in [-0.15, -0.1) is 0 Å². The molecule has 1 aromatic heterocycles. The highest BCUT2D eigenvalue weighted by atomic mass is 16.7. The van der Waals surface area contributed by atoms with Crippen molar-refractivity contribution in [1.82, 2.24) is 4.98 Å². The number of aryl methyl sites for hydroxylation is 1. The van der Waals surface area contributed by atoms with Gasteiger partial charge in [0.15, 0.2) is 0 Å². The van der Waals surface area contributed by atoms with Crippen molar-refractivity contribution in [3.05, 3.63) is 17.8 Å². The van der Waals surface area contributed by atoms with Gasteiger partial charge in [-0.1, -0.05) is 20.8 Å². The second kappa shape index (κ2) is 5.53. The van der Waals surface area contributed by atoms with Crippen LogP contribution in [-0.4, -0.2) is 29.9 Å². The van der Waals surface area contributed by atoms with Crippen molar-refractivity contribution in [2.45, 2.75) is 66.6 Å². The van der Waals surface area contributed by atoms with Gasteiger partial charge in [-0.05, 0) is 45.6 Å². The lowest BCUT2D eigenvalue weighted by atomic mass is 9.77. The minimum Gasteiger partial charge on any atom is -0.477 e. The van der Waals surface area contributed by atoms with Gasteiger partial charge in [0.05, 0.1) is 17.8 Å². The Morgan fingerprint density at radius 1 is 1.14 bits per heavy atom. The zero-order valence-electron chi connectivity index (χ0n) is 15.1. The van der Waals surface area contributed by atoms with Crippen LogP contribution in [0.3, 0.4) is 0 Å². The van der Waals surface area contributed by atoms with Gasteiger partial charge in [-0.2, -0.15) is 0 Å². The molecule has 0 aliphatic carbocycles. The molecule has 0 bridgehead atoms. The molecule has 1 aliphatic heterocycles. The van der Waals surface area contributed by atoms with Crippen LogP contribution in [0.2, 0.25) is 0 Å². The van der Waals surface area contributed by atoms with Crippen LogP contribution in [-0.2, 0) is 9.31 Å². The van der Waals surface area contributed by atoms with E-state index in [1.54, 1.807) is 6.20 Å². The minimum absolute atomic E-state index is 0.111. The molecule has 0 atom stereocenters. The number of nitrogens with zero attached hydrogens (tertiary/aromatic N) is 1. The number of rotatable bonds is 3. The molecule has 0 aromatic carbocycles. The number of ether oxygens (including phenoxy) is 1. The molecule has 0 radical (unpaired) electrons. The molecule has 1 aliphatic rings. The van der Waals surface area contributed by atoms with Gasteiger partial charge in [0.25, 0.3) is 0 Å². The first-order valence-corrected chi connectivity index (χ1v) is 7.86. The standard InChI is InChI=1S/C17H28BNO3/c1-12-9-14(20-11-15(2,3)4)19-10-13(12)18-21-16(5,6)17(7,8)22-18/h9-10H,11H2,1-8H3. The van der Waals surface area contributed by atoms with Crippen LogP contribution in [0.5, 0.6) is 5.88 Å². The van der Waals surface area contributed by atoms with E-state index in [1.165, 1.54) is 0 Å². The largest absolute Gasteiger partial charge is 0.496 e.